The lowest BCUT2D eigenvalue weighted by Gasteiger charge is -2.14. The zero-order valence-electron chi connectivity index (χ0n) is 14.5. The maximum Gasteiger partial charge on any atom is 0.414 e. The van der Waals surface area contributed by atoms with Gasteiger partial charge in [-0.15, -0.1) is 5.10 Å². The van der Waals surface area contributed by atoms with Crippen molar-refractivity contribution in [2.24, 2.45) is 0 Å². The number of nitrogens with zero attached hydrogens (tertiary/aromatic N) is 6. The molecule has 0 spiro atoms. The van der Waals surface area contributed by atoms with Gasteiger partial charge in [-0.25, -0.2) is 14.2 Å². The van der Waals surface area contributed by atoms with Gasteiger partial charge in [0, 0.05) is 17.3 Å². The molecule has 3 heterocycles. The molecule has 0 aliphatic carbocycles. The van der Waals surface area contributed by atoms with E-state index in [-0.39, 0.29) is 6.54 Å². The number of amides is 1. The van der Waals surface area contributed by atoms with Crippen molar-refractivity contribution in [3.63, 3.8) is 0 Å². The van der Waals surface area contributed by atoms with Crippen molar-refractivity contribution in [2.45, 2.75) is 6.10 Å². The molecule has 0 saturated carbocycles. The molecule has 2 aromatic heterocycles. The molecule has 10 nitrogen and oxygen atoms in total. The van der Waals surface area contributed by atoms with Crippen LogP contribution in [-0.2, 0) is 4.74 Å². The minimum atomic E-state index is -0.545. The summed E-state index contributed by atoms with van der Waals surface area (Å²) in [4.78, 5) is 17.6. The van der Waals surface area contributed by atoms with Gasteiger partial charge in [-0.1, -0.05) is 0 Å². The first kappa shape index (κ1) is 17.5. The minimum absolute atomic E-state index is 0.278. The number of pyridine rings is 1. The molecule has 1 fully saturated rings. The summed E-state index contributed by atoms with van der Waals surface area (Å²) in [5, 5.41) is 20.5. The van der Waals surface area contributed by atoms with Gasteiger partial charge in [0.25, 0.3) is 0 Å². The number of ether oxygens (including phenoxy) is 1. The largest absolute Gasteiger partial charge is 0.442 e. The van der Waals surface area contributed by atoms with Gasteiger partial charge in [-0.3, -0.25) is 10.3 Å². The molecule has 3 aromatic rings. The fourth-order valence-electron chi connectivity index (χ4n) is 2.88. The lowest BCUT2D eigenvalue weighted by Crippen LogP contribution is -2.30. The van der Waals surface area contributed by atoms with E-state index in [4.69, 9.17) is 10.1 Å². The molecule has 1 aliphatic heterocycles. The molecule has 1 saturated heterocycles. The summed E-state index contributed by atoms with van der Waals surface area (Å²) in [5.74, 6) is 0.0264. The highest BCUT2D eigenvalue weighted by molar-refractivity contribution is 5.90. The Balaban J connectivity index is 1.53. The highest BCUT2D eigenvalue weighted by Gasteiger charge is 2.32. The van der Waals surface area contributed by atoms with Gasteiger partial charge in [-0.2, -0.15) is 4.68 Å². The Morgan fingerprint density at radius 2 is 2.25 bits per heavy atom. The summed E-state index contributed by atoms with van der Waals surface area (Å²) in [7, 11) is 0. The van der Waals surface area contributed by atoms with Crippen LogP contribution in [0.15, 0.2) is 42.9 Å². The first-order valence-electron chi connectivity index (χ1n) is 8.35. The van der Waals surface area contributed by atoms with E-state index in [0.29, 0.717) is 29.2 Å². The van der Waals surface area contributed by atoms with E-state index in [0.717, 1.165) is 6.34 Å². The van der Waals surface area contributed by atoms with E-state index >= 15 is 0 Å². The molecule has 1 atom stereocenters. The summed E-state index contributed by atoms with van der Waals surface area (Å²) in [5.41, 5.74) is 1.34. The number of halogens is 1. The van der Waals surface area contributed by atoms with Crippen molar-refractivity contribution in [1.29, 1.82) is 5.41 Å². The molecule has 2 N–H and O–H groups in total. The average molecular weight is 382 g/mol. The van der Waals surface area contributed by atoms with Crippen molar-refractivity contribution >= 4 is 18.1 Å². The van der Waals surface area contributed by atoms with Gasteiger partial charge in [0.2, 0.25) is 0 Å². The Hall–Kier alpha value is -3.89. The number of benzene rings is 1. The van der Waals surface area contributed by atoms with Crippen LogP contribution >= 0.6 is 0 Å². The number of carbonyl (C=O) groups excluding carboxylic acids is 1. The highest BCUT2D eigenvalue weighted by Crippen LogP contribution is 2.29. The van der Waals surface area contributed by atoms with Crippen molar-refractivity contribution in [3.8, 4) is 16.9 Å². The smallest absolute Gasteiger partial charge is 0.414 e. The number of hydrogen-bond acceptors (Lipinski definition) is 7. The molecule has 0 bridgehead atoms. The fourth-order valence-corrected chi connectivity index (χ4v) is 2.88. The molecule has 0 unspecified atom stereocenters. The van der Waals surface area contributed by atoms with Gasteiger partial charge in [0.1, 0.15) is 18.2 Å². The van der Waals surface area contributed by atoms with E-state index in [1.54, 1.807) is 24.3 Å². The lowest BCUT2D eigenvalue weighted by molar-refractivity contribution is 0.143. The van der Waals surface area contributed by atoms with Crippen LogP contribution in [0.1, 0.15) is 0 Å². The number of tetrazole rings is 1. The third-order valence-corrected chi connectivity index (χ3v) is 4.23. The third kappa shape index (κ3) is 3.37. The Bertz CT molecular complexity index is 993. The number of nitrogens with one attached hydrogen (secondary N) is 2. The van der Waals surface area contributed by atoms with Gasteiger partial charge < -0.3 is 10.1 Å². The number of aromatic nitrogens is 5. The molecule has 1 aliphatic rings. The Morgan fingerprint density at radius 1 is 1.36 bits per heavy atom. The third-order valence-electron chi connectivity index (χ3n) is 4.23. The topological polar surface area (TPSA) is 122 Å². The highest BCUT2D eigenvalue weighted by atomic mass is 19.1. The van der Waals surface area contributed by atoms with E-state index in [9.17, 15) is 9.18 Å². The van der Waals surface area contributed by atoms with Crippen molar-refractivity contribution in [3.05, 3.63) is 48.7 Å². The Labute approximate surface area is 158 Å². The summed E-state index contributed by atoms with van der Waals surface area (Å²) in [6, 6.07) is 7.93. The number of hydrogen-bond donors (Lipinski definition) is 2. The van der Waals surface area contributed by atoms with E-state index in [1.807, 2.05) is 0 Å². The molecule has 1 aromatic carbocycles. The molecule has 28 heavy (non-hydrogen) atoms. The van der Waals surface area contributed by atoms with Gasteiger partial charge in [-0.05, 0) is 40.8 Å². The molecular formula is C17H15FN8O2. The number of carbonyl (C=O) groups is 1. The van der Waals surface area contributed by atoms with Crippen LogP contribution in [0.25, 0.3) is 16.9 Å². The molecular weight excluding hydrogens is 367 g/mol. The van der Waals surface area contributed by atoms with Crippen LogP contribution in [0.5, 0.6) is 0 Å². The Kier molecular flexibility index (Phi) is 4.62. The van der Waals surface area contributed by atoms with Crippen molar-refractivity contribution < 1.29 is 13.9 Å². The maximum absolute atomic E-state index is 14.7. The van der Waals surface area contributed by atoms with Crippen LogP contribution in [0.4, 0.5) is 14.9 Å². The first-order chi connectivity index (χ1) is 13.7. The zero-order chi connectivity index (χ0) is 19.5. The zero-order valence-corrected chi connectivity index (χ0v) is 14.5. The predicted molar refractivity (Wildman–Crippen MR) is 96.7 cm³/mol. The van der Waals surface area contributed by atoms with Crippen LogP contribution in [0.2, 0.25) is 0 Å². The van der Waals surface area contributed by atoms with Gasteiger partial charge in [0.05, 0.1) is 25.1 Å². The molecule has 11 heteroatoms. The van der Waals surface area contributed by atoms with Crippen LogP contribution in [0.3, 0.4) is 0 Å². The standard InChI is InChI=1S/C17H15FN8O2/c18-15-5-12(25-8-13(7-20-9-19)28-17(25)27)2-3-14(15)11-1-4-16(21-6-11)26-10-22-23-24-26/h1-6,9-10,13H,7-8H2,(H2,19,20)/t13-/m0/s1. The first-order valence-corrected chi connectivity index (χ1v) is 8.35. The Morgan fingerprint density at radius 3 is 2.93 bits per heavy atom. The predicted octanol–water partition coefficient (Wildman–Crippen LogP) is 1.39. The normalized spacial score (nSPS) is 16.1. The lowest BCUT2D eigenvalue weighted by atomic mass is 10.1. The second-order valence-electron chi connectivity index (χ2n) is 5.99. The number of cyclic esters (lactones) is 1. The number of anilines is 1. The van der Waals surface area contributed by atoms with E-state index in [1.165, 1.54) is 28.2 Å². The molecule has 0 radical (unpaired) electrons. The quantitative estimate of drug-likeness (QED) is 0.488. The molecule has 4 rings (SSSR count). The average Bonchev–Trinajstić information content (AvgIpc) is 3.36. The van der Waals surface area contributed by atoms with E-state index < -0.39 is 18.0 Å². The van der Waals surface area contributed by atoms with Crippen LogP contribution < -0.4 is 10.2 Å². The summed E-state index contributed by atoms with van der Waals surface area (Å²) >= 11 is 0. The summed E-state index contributed by atoms with van der Waals surface area (Å²) in [6.45, 7) is 0.603. The monoisotopic (exact) mass is 382 g/mol. The summed E-state index contributed by atoms with van der Waals surface area (Å²) in [6.07, 6.45) is 3.02. The molecule has 1 amide bonds. The second-order valence-corrected chi connectivity index (χ2v) is 5.99. The van der Waals surface area contributed by atoms with E-state index in [2.05, 4.69) is 25.8 Å². The second kappa shape index (κ2) is 7.39. The van der Waals surface area contributed by atoms with Crippen molar-refractivity contribution in [2.75, 3.05) is 18.0 Å². The SMILES string of the molecule is N=CNC[C@H]1CN(c2ccc(-c3ccc(-n4cnnn4)nc3)c(F)c2)C(=O)O1. The van der Waals surface area contributed by atoms with Crippen LogP contribution in [-0.4, -0.2) is 56.8 Å². The van der Waals surface area contributed by atoms with Gasteiger partial charge >= 0.3 is 6.09 Å². The van der Waals surface area contributed by atoms with Crippen LogP contribution in [0, 0.1) is 11.2 Å². The minimum Gasteiger partial charge on any atom is -0.442 e. The van der Waals surface area contributed by atoms with Gasteiger partial charge in [0.15, 0.2) is 5.82 Å². The van der Waals surface area contributed by atoms with Crippen molar-refractivity contribution in [1.82, 2.24) is 30.5 Å². The summed E-state index contributed by atoms with van der Waals surface area (Å²) < 4.78 is 21.3. The number of rotatable bonds is 6. The molecule has 142 valence electrons. The maximum atomic E-state index is 14.7. The fraction of sp³-hybridized carbons (Fsp3) is 0.176.